The summed E-state index contributed by atoms with van der Waals surface area (Å²) < 4.78 is 5.26. The number of rotatable bonds is 6. The molecule has 1 aliphatic rings. The van der Waals surface area contributed by atoms with Gasteiger partial charge in [0.05, 0.1) is 18.5 Å². The highest BCUT2D eigenvalue weighted by Crippen LogP contribution is 2.46. The molecule has 35 heavy (non-hydrogen) atoms. The molecule has 2 atom stereocenters. The van der Waals surface area contributed by atoms with Crippen LogP contribution in [0, 0.1) is 5.92 Å². The SMILES string of the molecule is COc1ccc(C(C(N)=O)(C(C)C)N2C(=O)C(N)C(=O)N(c3ncccn3)c3ccccc32)cc1. The number of nitrogens with two attached hydrogens (primary N) is 2. The van der Waals surface area contributed by atoms with Gasteiger partial charge in [-0.05, 0) is 41.8 Å². The lowest BCUT2D eigenvalue weighted by Crippen LogP contribution is -2.64. The van der Waals surface area contributed by atoms with Gasteiger partial charge in [-0.1, -0.05) is 38.1 Å². The average Bonchev–Trinajstić information content (AvgIpc) is 2.94. The number of hydrogen-bond donors (Lipinski definition) is 2. The van der Waals surface area contributed by atoms with Gasteiger partial charge in [0.25, 0.3) is 11.8 Å². The Balaban J connectivity index is 2.05. The third-order valence-corrected chi connectivity index (χ3v) is 6.18. The third kappa shape index (κ3) is 3.68. The Morgan fingerprint density at radius 2 is 1.57 bits per heavy atom. The van der Waals surface area contributed by atoms with Crippen molar-refractivity contribution in [1.82, 2.24) is 9.97 Å². The molecule has 0 fully saturated rings. The summed E-state index contributed by atoms with van der Waals surface area (Å²) in [6, 6.07) is 13.4. The van der Waals surface area contributed by atoms with Crippen molar-refractivity contribution < 1.29 is 19.1 Å². The second kappa shape index (κ2) is 9.15. The van der Waals surface area contributed by atoms with E-state index in [0.29, 0.717) is 17.0 Å². The minimum Gasteiger partial charge on any atom is -0.497 e. The molecule has 2 unspecified atom stereocenters. The maximum Gasteiger partial charge on any atom is 0.260 e. The molecule has 0 bridgehead atoms. The fourth-order valence-corrected chi connectivity index (χ4v) is 4.54. The molecule has 2 heterocycles. The molecular weight excluding hydrogens is 448 g/mol. The summed E-state index contributed by atoms with van der Waals surface area (Å²) in [5, 5.41) is 0. The van der Waals surface area contributed by atoms with Crippen molar-refractivity contribution in [2.24, 2.45) is 17.4 Å². The molecule has 180 valence electrons. The van der Waals surface area contributed by atoms with E-state index < -0.39 is 35.2 Å². The molecule has 0 aliphatic carbocycles. The molecule has 3 aromatic rings. The molecule has 10 heteroatoms. The number of fused-ring (bicyclic) bond motifs is 1. The van der Waals surface area contributed by atoms with E-state index in [0.717, 1.165) is 0 Å². The number of primary amides is 1. The molecule has 0 radical (unpaired) electrons. The Labute approximate surface area is 202 Å². The lowest BCUT2D eigenvalue weighted by Gasteiger charge is -2.45. The average molecular weight is 475 g/mol. The van der Waals surface area contributed by atoms with Crippen molar-refractivity contribution in [3.05, 3.63) is 72.6 Å². The quantitative estimate of drug-likeness (QED) is 0.519. The Morgan fingerprint density at radius 1 is 0.971 bits per heavy atom. The lowest BCUT2D eigenvalue weighted by atomic mass is 9.76. The van der Waals surface area contributed by atoms with Crippen molar-refractivity contribution >= 4 is 35.0 Å². The van der Waals surface area contributed by atoms with E-state index in [1.54, 1.807) is 68.4 Å². The lowest BCUT2D eigenvalue weighted by molar-refractivity contribution is -0.133. The number of methoxy groups -OCH3 is 1. The van der Waals surface area contributed by atoms with Crippen LogP contribution in [0.5, 0.6) is 5.75 Å². The number of amides is 3. The highest BCUT2D eigenvalue weighted by Gasteiger charge is 2.54. The van der Waals surface area contributed by atoms with Crippen LogP contribution in [-0.2, 0) is 19.9 Å². The van der Waals surface area contributed by atoms with Crippen LogP contribution in [0.15, 0.2) is 67.0 Å². The van der Waals surface area contributed by atoms with Gasteiger partial charge >= 0.3 is 0 Å². The number of para-hydroxylation sites is 2. The number of carbonyl (C=O) groups excluding carboxylic acids is 3. The molecule has 10 nitrogen and oxygen atoms in total. The van der Waals surface area contributed by atoms with Crippen LogP contribution in [-0.4, -0.2) is 40.8 Å². The number of nitrogens with zero attached hydrogens (tertiary/aromatic N) is 4. The summed E-state index contributed by atoms with van der Waals surface area (Å²) in [6.07, 6.45) is 2.96. The fourth-order valence-electron chi connectivity index (χ4n) is 4.54. The van der Waals surface area contributed by atoms with Gasteiger partial charge in [-0.2, -0.15) is 0 Å². The van der Waals surface area contributed by atoms with Crippen molar-refractivity contribution in [1.29, 1.82) is 0 Å². The second-order valence-electron chi connectivity index (χ2n) is 8.38. The van der Waals surface area contributed by atoms with Crippen molar-refractivity contribution in [2.45, 2.75) is 25.4 Å². The summed E-state index contributed by atoms with van der Waals surface area (Å²) in [7, 11) is 1.53. The van der Waals surface area contributed by atoms with Gasteiger partial charge in [0.2, 0.25) is 11.9 Å². The zero-order chi connectivity index (χ0) is 25.3. The number of carbonyl (C=O) groups is 3. The highest BCUT2D eigenvalue weighted by atomic mass is 16.5. The number of ether oxygens (including phenoxy) is 1. The van der Waals surface area contributed by atoms with Gasteiger partial charge < -0.3 is 16.2 Å². The monoisotopic (exact) mass is 474 g/mol. The molecule has 2 aromatic carbocycles. The van der Waals surface area contributed by atoms with Crippen LogP contribution in [0.2, 0.25) is 0 Å². The predicted octanol–water partition coefficient (Wildman–Crippen LogP) is 1.86. The van der Waals surface area contributed by atoms with Gasteiger partial charge in [-0.25, -0.2) is 14.9 Å². The van der Waals surface area contributed by atoms with Crippen LogP contribution in [0.3, 0.4) is 0 Å². The molecule has 0 saturated carbocycles. The van der Waals surface area contributed by atoms with Crippen LogP contribution >= 0.6 is 0 Å². The number of aromatic nitrogens is 2. The molecule has 4 N–H and O–H groups in total. The largest absolute Gasteiger partial charge is 0.497 e. The van der Waals surface area contributed by atoms with E-state index in [1.165, 1.54) is 29.3 Å². The molecule has 0 saturated heterocycles. The zero-order valence-corrected chi connectivity index (χ0v) is 19.6. The fraction of sp³-hybridized carbons (Fsp3) is 0.240. The summed E-state index contributed by atoms with van der Waals surface area (Å²) in [5.41, 5.74) is 11.6. The number of hydrogen-bond acceptors (Lipinski definition) is 7. The Hall–Kier alpha value is -4.31. The van der Waals surface area contributed by atoms with E-state index >= 15 is 0 Å². The number of benzene rings is 2. The van der Waals surface area contributed by atoms with Crippen molar-refractivity contribution in [3.63, 3.8) is 0 Å². The normalized spacial score (nSPS) is 17.6. The Kier molecular flexibility index (Phi) is 6.23. The van der Waals surface area contributed by atoms with Gasteiger partial charge in [0.15, 0.2) is 11.6 Å². The smallest absolute Gasteiger partial charge is 0.260 e. The number of anilines is 3. The first-order valence-electron chi connectivity index (χ1n) is 11.0. The Bertz CT molecular complexity index is 1260. The van der Waals surface area contributed by atoms with E-state index in [4.69, 9.17) is 16.2 Å². The van der Waals surface area contributed by atoms with Crippen LogP contribution in [0.4, 0.5) is 17.3 Å². The summed E-state index contributed by atoms with van der Waals surface area (Å²) in [6.45, 7) is 3.56. The first-order chi connectivity index (χ1) is 16.7. The minimum absolute atomic E-state index is 0.0497. The molecule has 1 aromatic heterocycles. The minimum atomic E-state index is -1.68. The zero-order valence-electron chi connectivity index (χ0n) is 19.6. The van der Waals surface area contributed by atoms with Gasteiger partial charge in [0, 0.05) is 12.4 Å². The van der Waals surface area contributed by atoms with Gasteiger partial charge in [-0.15, -0.1) is 0 Å². The van der Waals surface area contributed by atoms with E-state index in [1.807, 2.05) is 0 Å². The molecular formula is C25H26N6O4. The standard InChI is InChI=1S/C25H26N6O4/c1-15(2)25(23(27)34,16-9-11-17(35-3)12-10-16)31-19-8-5-4-7-18(19)30(21(32)20(26)22(31)33)24-28-13-6-14-29-24/h4-15,20H,26H2,1-3H3,(H2,27,34). The first kappa shape index (κ1) is 23.8. The maximum atomic E-state index is 13.9. The predicted molar refractivity (Wildman–Crippen MR) is 130 cm³/mol. The van der Waals surface area contributed by atoms with Crippen LogP contribution in [0.25, 0.3) is 0 Å². The molecule has 1 aliphatic heterocycles. The Morgan fingerprint density at radius 3 is 2.11 bits per heavy atom. The summed E-state index contributed by atoms with van der Waals surface area (Å²) in [4.78, 5) is 51.6. The molecule has 4 rings (SSSR count). The topological polar surface area (TPSA) is 145 Å². The summed E-state index contributed by atoms with van der Waals surface area (Å²) >= 11 is 0. The molecule has 0 spiro atoms. The maximum absolute atomic E-state index is 13.9. The van der Waals surface area contributed by atoms with E-state index in [2.05, 4.69) is 9.97 Å². The van der Waals surface area contributed by atoms with Gasteiger partial charge in [0.1, 0.15) is 5.75 Å². The second-order valence-corrected chi connectivity index (χ2v) is 8.38. The first-order valence-corrected chi connectivity index (χ1v) is 11.0. The van der Waals surface area contributed by atoms with Gasteiger partial charge in [-0.3, -0.25) is 19.3 Å². The van der Waals surface area contributed by atoms with Crippen molar-refractivity contribution in [2.75, 3.05) is 16.9 Å². The van der Waals surface area contributed by atoms with E-state index in [-0.39, 0.29) is 11.6 Å². The van der Waals surface area contributed by atoms with Crippen LogP contribution < -0.4 is 26.0 Å². The van der Waals surface area contributed by atoms with Crippen LogP contribution in [0.1, 0.15) is 19.4 Å². The highest BCUT2D eigenvalue weighted by molar-refractivity contribution is 6.24. The third-order valence-electron chi connectivity index (χ3n) is 6.18. The van der Waals surface area contributed by atoms with E-state index in [9.17, 15) is 14.4 Å². The van der Waals surface area contributed by atoms with Crippen molar-refractivity contribution in [3.8, 4) is 5.75 Å². The molecule has 3 amide bonds. The summed E-state index contributed by atoms with van der Waals surface area (Å²) in [5.74, 6) is -2.17.